The number of anilines is 1. The first kappa shape index (κ1) is 15.8. The lowest BCUT2D eigenvalue weighted by Gasteiger charge is -2.07. The van der Waals surface area contributed by atoms with Crippen molar-refractivity contribution in [3.05, 3.63) is 54.7 Å². The monoisotopic (exact) mass is 371 g/mol. The van der Waals surface area contributed by atoms with Gasteiger partial charge in [0, 0.05) is 11.6 Å². The topological polar surface area (TPSA) is 81.2 Å². The number of ether oxygens (including phenoxy) is 1. The van der Waals surface area contributed by atoms with Gasteiger partial charge in [-0.05, 0) is 24.3 Å². The Labute approximate surface area is 148 Å². The highest BCUT2D eigenvalue weighted by molar-refractivity contribution is 7.93. The number of fused-ring (bicyclic) bond motifs is 2. The largest absolute Gasteiger partial charge is 0.494 e. The van der Waals surface area contributed by atoms with Crippen molar-refractivity contribution in [3.8, 4) is 5.75 Å². The van der Waals surface area contributed by atoms with Gasteiger partial charge < -0.3 is 4.74 Å². The summed E-state index contributed by atoms with van der Waals surface area (Å²) in [6.07, 6.45) is 1.57. The Kier molecular flexibility index (Phi) is 3.78. The molecule has 1 N–H and O–H groups in total. The SMILES string of the molecule is COc1cccc2sc(NS(=O)(=O)c3cccc4cccnc34)nc12. The molecule has 4 aromatic rings. The lowest BCUT2D eigenvalue weighted by Crippen LogP contribution is -2.13. The summed E-state index contributed by atoms with van der Waals surface area (Å²) in [7, 11) is -2.26. The third-order valence-electron chi connectivity index (χ3n) is 3.71. The Bertz CT molecular complexity index is 1180. The Hall–Kier alpha value is -2.71. The molecule has 2 aromatic heterocycles. The van der Waals surface area contributed by atoms with Gasteiger partial charge in [-0.3, -0.25) is 9.71 Å². The molecule has 0 atom stereocenters. The molecule has 0 saturated heterocycles. The minimum absolute atomic E-state index is 0.122. The molecule has 8 heteroatoms. The van der Waals surface area contributed by atoms with Crippen LogP contribution in [0.15, 0.2) is 59.6 Å². The predicted octanol–water partition coefficient (Wildman–Crippen LogP) is 3.65. The van der Waals surface area contributed by atoms with E-state index in [4.69, 9.17) is 4.74 Å². The number of hydrogen-bond donors (Lipinski definition) is 1. The van der Waals surface area contributed by atoms with Crippen molar-refractivity contribution in [1.29, 1.82) is 0 Å². The van der Waals surface area contributed by atoms with Crippen LogP contribution in [0.4, 0.5) is 5.13 Å². The van der Waals surface area contributed by atoms with E-state index >= 15 is 0 Å². The molecule has 126 valence electrons. The first-order chi connectivity index (χ1) is 12.1. The fourth-order valence-electron chi connectivity index (χ4n) is 2.59. The van der Waals surface area contributed by atoms with E-state index in [9.17, 15) is 8.42 Å². The number of nitrogens with zero attached hydrogens (tertiary/aromatic N) is 2. The molecule has 2 heterocycles. The lowest BCUT2D eigenvalue weighted by molar-refractivity contribution is 0.419. The standard InChI is InChI=1S/C17H13N3O3S2/c1-23-12-7-3-8-13-16(12)19-17(24-13)20-25(21,22)14-9-2-5-11-6-4-10-18-15(11)14/h2-10H,1H3,(H,19,20). The highest BCUT2D eigenvalue weighted by Crippen LogP contribution is 2.33. The zero-order valence-electron chi connectivity index (χ0n) is 13.1. The Morgan fingerprint density at radius 3 is 2.68 bits per heavy atom. The maximum atomic E-state index is 12.8. The summed E-state index contributed by atoms with van der Waals surface area (Å²) in [4.78, 5) is 8.68. The van der Waals surface area contributed by atoms with Crippen LogP contribution in [0, 0.1) is 0 Å². The number of rotatable bonds is 4. The van der Waals surface area contributed by atoms with Crippen LogP contribution >= 0.6 is 11.3 Å². The number of thiazole rings is 1. The second-order valence-corrected chi connectivity index (χ2v) is 7.94. The van der Waals surface area contributed by atoms with Gasteiger partial charge in [0.1, 0.15) is 16.2 Å². The third kappa shape index (κ3) is 2.79. The first-order valence-electron chi connectivity index (χ1n) is 7.38. The van der Waals surface area contributed by atoms with E-state index < -0.39 is 10.0 Å². The Morgan fingerprint density at radius 1 is 1.04 bits per heavy atom. The number of benzene rings is 2. The average Bonchev–Trinajstić information content (AvgIpc) is 3.02. The van der Waals surface area contributed by atoms with Gasteiger partial charge in [-0.2, -0.15) is 0 Å². The van der Waals surface area contributed by atoms with Crippen LogP contribution in [0.1, 0.15) is 0 Å². The molecule has 4 rings (SSSR count). The minimum Gasteiger partial charge on any atom is -0.494 e. The second-order valence-electron chi connectivity index (χ2n) is 5.26. The highest BCUT2D eigenvalue weighted by atomic mass is 32.2. The molecule has 0 bridgehead atoms. The van der Waals surface area contributed by atoms with E-state index in [0.717, 1.165) is 10.1 Å². The van der Waals surface area contributed by atoms with Gasteiger partial charge in [-0.15, -0.1) is 0 Å². The zero-order valence-corrected chi connectivity index (χ0v) is 14.8. The number of pyridine rings is 1. The molecule has 25 heavy (non-hydrogen) atoms. The van der Waals surface area contributed by atoms with Gasteiger partial charge in [0.2, 0.25) is 0 Å². The van der Waals surface area contributed by atoms with Crippen molar-refractivity contribution in [3.63, 3.8) is 0 Å². The second kappa shape index (κ2) is 5.98. The predicted molar refractivity (Wildman–Crippen MR) is 98.7 cm³/mol. The number of nitrogens with one attached hydrogen (secondary N) is 1. The summed E-state index contributed by atoms with van der Waals surface area (Å²) in [5.74, 6) is 0.603. The quantitative estimate of drug-likeness (QED) is 0.592. The van der Waals surface area contributed by atoms with E-state index in [-0.39, 0.29) is 10.0 Å². The minimum atomic E-state index is -3.81. The molecule has 0 radical (unpaired) electrons. The number of hydrogen-bond acceptors (Lipinski definition) is 6. The molecule has 6 nitrogen and oxygen atoms in total. The summed E-state index contributed by atoms with van der Waals surface area (Å²) < 4.78 is 34.3. The van der Waals surface area contributed by atoms with E-state index in [1.165, 1.54) is 17.4 Å². The van der Waals surface area contributed by atoms with Gasteiger partial charge in [0.15, 0.2) is 5.13 Å². The fraction of sp³-hybridized carbons (Fsp3) is 0.0588. The first-order valence-corrected chi connectivity index (χ1v) is 9.68. The smallest absolute Gasteiger partial charge is 0.265 e. The van der Waals surface area contributed by atoms with Crippen LogP contribution in [0.2, 0.25) is 0 Å². The van der Waals surface area contributed by atoms with Gasteiger partial charge in [0.25, 0.3) is 10.0 Å². The van der Waals surface area contributed by atoms with Gasteiger partial charge >= 0.3 is 0 Å². The van der Waals surface area contributed by atoms with Crippen molar-refractivity contribution in [2.75, 3.05) is 11.8 Å². The van der Waals surface area contributed by atoms with E-state index in [1.54, 1.807) is 31.5 Å². The van der Waals surface area contributed by atoms with Gasteiger partial charge in [0.05, 0.1) is 17.3 Å². The normalized spacial score (nSPS) is 11.7. The number of aromatic nitrogens is 2. The van der Waals surface area contributed by atoms with E-state index in [1.807, 2.05) is 24.3 Å². The molecule has 0 spiro atoms. The van der Waals surface area contributed by atoms with Crippen LogP contribution in [0.3, 0.4) is 0 Å². The molecular weight excluding hydrogens is 358 g/mol. The van der Waals surface area contributed by atoms with Crippen molar-refractivity contribution in [1.82, 2.24) is 9.97 Å². The molecule has 0 unspecified atom stereocenters. The number of sulfonamides is 1. The molecule has 0 aliphatic rings. The average molecular weight is 371 g/mol. The van der Waals surface area contributed by atoms with Crippen LogP contribution < -0.4 is 9.46 Å². The molecule has 0 aliphatic carbocycles. The summed E-state index contributed by atoms with van der Waals surface area (Å²) >= 11 is 1.25. The van der Waals surface area contributed by atoms with Gasteiger partial charge in [-0.25, -0.2) is 13.4 Å². The van der Waals surface area contributed by atoms with E-state index in [0.29, 0.717) is 16.8 Å². The number of para-hydroxylation sites is 2. The molecule has 0 saturated carbocycles. The molecule has 0 amide bonds. The van der Waals surface area contributed by atoms with Crippen molar-refractivity contribution in [2.45, 2.75) is 4.90 Å². The Morgan fingerprint density at radius 2 is 1.84 bits per heavy atom. The maximum absolute atomic E-state index is 12.8. The van der Waals surface area contributed by atoms with Crippen LogP contribution in [0.25, 0.3) is 21.1 Å². The van der Waals surface area contributed by atoms with Crippen molar-refractivity contribution >= 4 is 47.6 Å². The maximum Gasteiger partial charge on any atom is 0.265 e. The van der Waals surface area contributed by atoms with Crippen LogP contribution in [-0.2, 0) is 10.0 Å². The van der Waals surface area contributed by atoms with Crippen molar-refractivity contribution in [2.24, 2.45) is 0 Å². The lowest BCUT2D eigenvalue weighted by atomic mass is 10.2. The summed E-state index contributed by atoms with van der Waals surface area (Å²) in [5.41, 5.74) is 1.06. The highest BCUT2D eigenvalue weighted by Gasteiger charge is 2.20. The summed E-state index contributed by atoms with van der Waals surface area (Å²) in [6, 6.07) is 14.1. The van der Waals surface area contributed by atoms with Crippen LogP contribution in [0.5, 0.6) is 5.75 Å². The Balaban J connectivity index is 1.79. The fourth-order valence-corrected chi connectivity index (χ4v) is 4.89. The number of methoxy groups -OCH3 is 1. The molecule has 0 fully saturated rings. The van der Waals surface area contributed by atoms with Crippen molar-refractivity contribution < 1.29 is 13.2 Å². The summed E-state index contributed by atoms with van der Waals surface area (Å²) in [5, 5.41) is 1.05. The summed E-state index contributed by atoms with van der Waals surface area (Å²) in [6.45, 7) is 0. The molecule has 0 aliphatic heterocycles. The zero-order chi connectivity index (χ0) is 17.4. The van der Waals surface area contributed by atoms with Crippen LogP contribution in [-0.4, -0.2) is 25.5 Å². The third-order valence-corrected chi connectivity index (χ3v) is 6.14. The molecule has 2 aromatic carbocycles. The van der Waals surface area contributed by atoms with Gasteiger partial charge in [-0.1, -0.05) is 35.6 Å². The molecular formula is C17H13N3O3S2. The van der Waals surface area contributed by atoms with E-state index in [2.05, 4.69) is 14.7 Å².